The van der Waals surface area contributed by atoms with Crippen LogP contribution in [-0.2, 0) is 9.53 Å². The van der Waals surface area contributed by atoms with E-state index in [2.05, 4.69) is 82.0 Å². The second-order valence-electron chi connectivity index (χ2n) is 19.3. The van der Waals surface area contributed by atoms with E-state index in [1.165, 1.54) is 0 Å². The first-order chi connectivity index (χ1) is 35.9. The molecule has 0 fully saturated rings. The van der Waals surface area contributed by atoms with Gasteiger partial charge in [-0.15, -0.1) is 0 Å². The van der Waals surface area contributed by atoms with Crippen molar-refractivity contribution < 1.29 is 23.9 Å². The number of amides is 1. The molecule has 1 unspecified atom stereocenters. The van der Waals surface area contributed by atoms with Crippen LogP contribution < -0.4 is 5.32 Å². The fourth-order valence-corrected chi connectivity index (χ4v) is 11.9. The monoisotopic (exact) mass is 1040 g/mol. The van der Waals surface area contributed by atoms with Crippen molar-refractivity contribution in [3.63, 3.8) is 0 Å². The Bertz CT molecular complexity index is 3810. The van der Waals surface area contributed by atoms with Crippen LogP contribution in [-0.4, -0.2) is 70.0 Å². The molecule has 362 valence electrons. The molecule has 0 radical (unpaired) electrons. The van der Waals surface area contributed by atoms with Crippen molar-refractivity contribution in [2.75, 3.05) is 0 Å². The maximum atomic E-state index is 14.2. The van der Waals surface area contributed by atoms with Crippen molar-refractivity contribution in [3.8, 4) is 44.5 Å². The van der Waals surface area contributed by atoms with Crippen LogP contribution in [0.2, 0.25) is 5.32 Å². The van der Waals surface area contributed by atoms with Crippen LogP contribution in [0, 0.1) is 0 Å². The quantitative estimate of drug-likeness (QED) is 0.0913. The molecule has 11 rings (SSSR count). The number of aromatic nitrogens is 4. The summed E-state index contributed by atoms with van der Waals surface area (Å²) in [4.78, 5) is 73.3. The summed E-state index contributed by atoms with van der Waals surface area (Å²) < 4.78 is 6.40. The number of hydrogen-bond donors (Lipinski definition) is 3. The van der Waals surface area contributed by atoms with Crippen LogP contribution in [0.25, 0.3) is 90.9 Å². The first-order valence-corrected chi connectivity index (χ1v) is 26.4. The van der Waals surface area contributed by atoms with E-state index in [1.807, 2.05) is 106 Å². The van der Waals surface area contributed by atoms with Gasteiger partial charge in [-0.1, -0.05) is 91.0 Å². The summed E-state index contributed by atoms with van der Waals surface area (Å²) in [5, 5.41) is 2.99. The number of hydrogen-bond acceptors (Lipinski definition) is 7. The van der Waals surface area contributed by atoms with Crippen LogP contribution in [0.15, 0.2) is 174 Å². The van der Waals surface area contributed by atoms with E-state index in [1.54, 1.807) is 43.3 Å². The van der Waals surface area contributed by atoms with Gasteiger partial charge in [-0.3, -0.25) is 0 Å². The molecular weight excluding hydrogens is 986 g/mol. The van der Waals surface area contributed by atoms with E-state index >= 15 is 0 Å². The van der Waals surface area contributed by atoms with Gasteiger partial charge in [0.15, 0.2) is 0 Å². The van der Waals surface area contributed by atoms with Gasteiger partial charge in [0.25, 0.3) is 0 Å². The van der Waals surface area contributed by atoms with Gasteiger partial charge >= 0.3 is 255 Å². The molecule has 3 N–H and O–H groups in total. The fraction of sp³-hybridized carbons (Fsp3) is 0.111. The zero-order valence-corrected chi connectivity index (χ0v) is 42.7. The number of Topliss-reactive ketones (excluding diaryl/α,β-unsaturated/α-hetero) is 2. The minimum atomic E-state index is -1.23. The molecule has 0 saturated heterocycles. The molecule has 11 heteroatoms. The summed E-state index contributed by atoms with van der Waals surface area (Å²) in [5.74, 6) is -1.66. The Kier molecular flexibility index (Phi) is 12.7. The number of nitrogens with zero attached hydrogens (tertiary/aromatic N) is 2. The van der Waals surface area contributed by atoms with Crippen LogP contribution in [0.3, 0.4) is 0 Å². The molecule has 2 aliphatic heterocycles. The van der Waals surface area contributed by atoms with Gasteiger partial charge in [0.05, 0.1) is 11.4 Å². The van der Waals surface area contributed by atoms with E-state index in [9.17, 15) is 19.2 Å². The molecule has 1 amide bonds. The van der Waals surface area contributed by atoms with Crippen molar-refractivity contribution in [2.45, 2.75) is 44.7 Å². The fourth-order valence-electron chi connectivity index (χ4n) is 9.63. The van der Waals surface area contributed by atoms with Gasteiger partial charge < -0.3 is 4.98 Å². The van der Waals surface area contributed by atoms with Crippen LogP contribution in [0.4, 0.5) is 0 Å². The predicted octanol–water partition coefficient (Wildman–Crippen LogP) is 13.2. The summed E-state index contributed by atoms with van der Waals surface area (Å²) >= 11 is -0.682. The molecule has 1 atom stereocenters. The number of carbonyl (C=O) groups is 4. The Balaban J connectivity index is 1.03. The molecule has 5 aromatic carbocycles. The Morgan fingerprint density at radius 1 is 0.527 bits per heavy atom. The maximum absolute atomic E-state index is 14.2. The van der Waals surface area contributed by atoms with Gasteiger partial charge in [-0.2, -0.15) is 0 Å². The van der Waals surface area contributed by atoms with Crippen molar-refractivity contribution in [2.24, 2.45) is 0 Å². The normalized spacial score (nSPS) is 13.5. The second-order valence-corrected chi connectivity index (χ2v) is 21.4. The molecule has 74 heavy (non-hydrogen) atoms. The Morgan fingerprint density at radius 3 is 1.31 bits per heavy atom. The molecule has 10 nitrogen and oxygen atoms in total. The molecule has 0 saturated carbocycles. The first kappa shape index (κ1) is 47.6. The number of fused-ring (bicyclic) bond motifs is 9. The first-order valence-electron chi connectivity index (χ1n) is 24.4. The molecule has 8 bridgehead atoms. The number of rotatable bonds is 10. The predicted molar refractivity (Wildman–Crippen MR) is 296 cm³/mol. The zero-order chi connectivity index (χ0) is 51.1. The SMILES string of the molecule is CC1=C([Se]CC(OC(=O)c2ccc(-c3c4nc(c(-c5ccccc5)c5ccc([nH]5)c(-c5ccccc5)c5nc(c(-c6ccccc6)c6ccc3[nH]6)C=C5)C=C4)cc2)C(=O)NC(C)(C)C)C(=O)c2ccccc2C1=O. The summed E-state index contributed by atoms with van der Waals surface area (Å²) in [5.41, 5.74) is 14.6. The molecular formula is C63H49N5O5Se. The Labute approximate surface area is 434 Å². The van der Waals surface area contributed by atoms with Crippen LogP contribution in [0.1, 0.15) is 81.5 Å². The Hall–Kier alpha value is -8.76. The third kappa shape index (κ3) is 9.31. The number of H-pyrrole nitrogens is 2. The third-order valence-corrected chi connectivity index (χ3v) is 15.7. The van der Waals surface area contributed by atoms with Crippen molar-refractivity contribution >= 4 is 84.8 Å². The van der Waals surface area contributed by atoms with Crippen molar-refractivity contribution in [3.05, 3.63) is 213 Å². The topological polar surface area (TPSA) is 147 Å². The van der Waals surface area contributed by atoms with Crippen LogP contribution >= 0.6 is 0 Å². The molecule has 3 aliphatic rings. The van der Waals surface area contributed by atoms with E-state index in [-0.39, 0.29) is 22.4 Å². The van der Waals surface area contributed by atoms with E-state index in [0.717, 1.165) is 83.7 Å². The Morgan fingerprint density at radius 2 is 0.905 bits per heavy atom. The average molecular weight is 1040 g/mol. The molecule has 1 aliphatic carbocycles. The molecule has 3 aromatic heterocycles. The average Bonchev–Trinajstić information content (AvgIpc) is 4.27. The molecule has 8 aromatic rings. The van der Waals surface area contributed by atoms with Gasteiger partial charge in [0, 0.05) is 27.7 Å². The number of benzene rings is 5. The number of carbonyl (C=O) groups excluding carboxylic acids is 4. The summed E-state index contributed by atoms with van der Waals surface area (Å²) in [6.07, 6.45) is 6.98. The number of ketones is 2. The number of ether oxygens (including phenoxy) is 1. The number of aromatic amines is 2. The van der Waals surface area contributed by atoms with Gasteiger partial charge in [0.2, 0.25) is 0 Å². The van der Waals surface area contributed by atoms with Gasteiger partial charge in [-0.05, 0) is 41.0 Å². The van der Waals surface area contributed by atoms with E-state index in [4.69, 9.17) is 14.7 Å². The zero-order valence-electron chi connectivity index (χ0n) is 41.0. The van der Waals surface area contributed by atoms with Gasteiger partial charge in [0.1, 0.15) is 0 Å². The summed E-state index contributed by atoms with van der Waals surface area (Å²) in [7, 11) is 0. The standard InChI is InChI=1S/C63H49N5O5Se/c1-37-58(69)43-22-14-15-23-44(43)59(70)60(37)74-36-53(61(71)68-63(2,3)4)73-62(72)42-26-24-41(25-27-42)57-51-34-32-49(66-51)55(39-18-10-6-11-19-39)47-30-28-45(64-47)54(38-16-8-5-9-17-38)46-29-31-48(65-46)56(40-20-12-7-13-21-40)50-33-35-52(57)67-50/h5-35,53,64,67H,36H2,1-4H3,(H,68,71). The molecule has 5 heterocycles. The van der Waals surface area contributed by atoms with Crippen LogP contribution in [0.5, 0.6) is 0 Å². The van der Waals surface area contributed by atoms with Gasteiger partial charge in [-0.25, -0.2) is 4.98 Å². The second kappa shape index (κ2) is 19.7. The molecule has 0 spiro atoms. The van der Waals surface area contributed by atoms with Crippen molar-refractivity contribution in [1.82, 2.24) is 25.3 Å². The number of esters is 1. The van der Waals surface area contributed by atoms with E-state index in [0.29, 0.717) is 26.9 Å². The number of allylic oxidation sites excluding steroid dienone is 2. The van der Waals surface area contributed by atoms with E-state index < -0.39 is 38.5 Å². The minimum absolute atomic E-state index is 0.0481. The van der Waals surface area contributed by atoms with Crippen molar-refractivity contribution in [1.29, 1.82) is 0 Å². The summed E-state index contributed by atoms with van der Waals surface area (Å²) in [6.45, 7) is 7.17. The number of nitrogens with one attached hydrogen (secondary N) is 3. The summed E-state index contributed by atoms with van der Waals surface area (Å²) in [6, 6.07) is 52.9. The third-order valence-electron chi connectivity index (χ3n) is 13.1.